The zero-order valence-electron chi connectivity index (χ0n) is 19.5. The molecule has 0 saturated heterocycles. The molecule has 170 valence electrons. The Morgan fingerprint density at radius 3 is 2.55 bits per heavy atom. The maximum Gasteiger partial charge on any atom is 0.283 e. The largest absolute Gasteiger partial charge is 0.497 e. The van der Waals surface area contributed by atoms with Gasteiger partial charge in [-0.25, -0.2) is 4.99 Å². The van der Waals surface area contributed by atoms with Crippen LogP contribution in [0.15, 0.2) is 63.7 Å². The molecule has 0 spiro atoms. The minimum Gasteiger partial charge on any atom is -0.497 e. The molecule has 7 heteroatoms. The lowest BCUT2D eigenvalue weighted by Gasteiger charge is -2.18. The SMILES string of the molecule is COc1cccc(N2C(=O)/C(=C\c3ccc(C(C)C)cc3)N=C2SCc2c(C)noc2C)c1. The summed E-state index contributed by atoms with van der Waals surface area (Å²) < 4.78 is 10.7. The summed E-state index contributed by atoms with van der Waals surface area (Å²) in [7, 11) is 1.61. The summed E-state index contributed by atoms with van der Waals surface area (Å²) in [5.41, 5.74) is 5.17. The van der Waals surface area contributed by atoms with Gasteiger partial charge in [-0.3, -0.25) is 9.69 Å². The van der Waals surface area contributed by atoms with Crippen LogP contribution in [0.1, 0.15) is 47.9 Å². The van der Waals surface area contributed by atoms with Crippen molar-refractivity contribution in [2.75, 3.05) is 12.0 Å². The first-order valence-electron chi connectivity index (χ1n) is 10.8. The molecule has 1 amide bonds. The monoisotopic (exact) mass is 461 g/mol. The van der Waals surface area contributed by atoms with Gasteiger partial charge in [-0.15, -0.1) is 0 Å². The van der Waals surface area contributed by atoms with Gasteiger partial charge in [0, 0.05) is 17.4 Å². The second-order valence-corrected chi connectivity index (χ2v) is 9.12. The highest BCUT2D eigenvalue weighted by Crippen LogP contribution is 2.33. The predicted octanol–water partition coefficient (Wildman–Crippen LogP) is 6.10. The van der Waals surface area contributed by atoms with E-state index in [0.29, 0.717) is 34.0 Å². The van der Waals surface area contributed by atoms with E-state index in [4.69, 9.17) is 14.3 Å². The summed E-state index contributed by atoms with van der Waals surface area (Å²) in [4.78, 5) is 19.8. The van der Waals surface area contributed by atoms with Crippen LogP contribution in [0.25, 0.3) is 6.08 Å². The van der Waals surface area contributed by atoms with E-state index in [1.807, 2.05) is 56.3 Å². The van der Waals surface area contributed by atoms with Gasteiger partial charge in [0.05, 0.1) is 18.5 Å². The third-order valence-corrected chi connectivity index (χ3v) is 6.54. The number of carbonyl (C=O) groups excluding carboxylic acids is 1. The normalized spacial score (nSPS) is 15.0. The number of amidine groups is 1. The molecule has 4 rings (SSSR count). The highest BCUT2D eigenvalue weighted by atomic mass is 32.2. The van der Waals surface area contributed by atoms with Gasteiger partial charge < -0.3 is 9.26 Å². The Balaban J connectivity index is 1.68. The number of thioether (sulfide) groups is 1. The molecule has 33 heavy (non-hydrogen) atoms. The quantitative estimate of drug-likeness (QED) is 0.415. The number of anilines is 1. The van der Waals surface area contributed by atoms with Crippen LogP contribution in [0.3, 0.4) is 0 Å². The van der Waals surface area contributed by atoms with Gasteiger partial charge >= 0.3 is 0 Å². The van der Waals surface area contributed by atoms with Crippen LogP contribution >= 0.6 is 11.8 Å². The lowest BCUT2D eigenvalue weighted by molar-refractivity contribution is -0.113. The van der Waals surface area contributed by atoms with Crippen molar-refractivity contribution in [1.29, 1.82) is 0 Å². The maximum absolute atomic E-state index is 13.4. The molecule has 1 aliphatic rings. The van der Waals surface area contributed by atoms with Crippen molar-refractivity contribution in [2.45, 2.75) is 39.4 Å². The molecule has 0 saturated carbocycles. The molecular weight excluding hydrogens is 434 g/mol. The van der Waals surface area contributed by atoms with Crippen LogP contribution in [0, 0.1) is 13.8 Å². The second kappa shape index (κ2) is 9.67. The average molecular weight is 462 g/mol. The molecule has 1 aliphatic heterocycles. The number of hydrogen-bond acceptors (Lipinski definition) is 6. The summed E-state index contributed by atoms with van der Waals surface area (Å²) in [5.74, 6) is 2.34. The Morgan fingerprint density at radius 1 is 1.15 bits per heavy atom. The van der Waals surface area contributed by atoms with E-state index in [1.165, 1.54) is 17.3 Å². The van der Waals surface area contributed by atoms with Crippen molar-refractivity contribution in [1.82, 2.24) is 5.16 Å². The van der Waals surface area contributed by atoms with Crippen LogP contribution < -0.4 is 9.64 Å². The third kappa shape index (κ3) is 4.88. The molecule has 6 nitrogen and oxygen atoms in total. The standard InChI is InChI=1S/C26H27N3O3S/c1-16(2)20-11-9-19(10-12-20)13-24-25(30)29(21-7-6-8-22(14-21)31-5)26(27-24)33-15-23-17(3)28-32-18(23)4/h6-14,16H,15H2,1-5H3/b24-13+. The minimum atomic E-state index is -0.169. The summed E-state index contributed by atoms with van der Waals surface area (Å²) in [6.07, 6.45) is 1.84. The van der Waals surface area contributed by atoms with E-state index in [9.17, 15) is 4.79 Å². The molecule has 3 aromatic rings. The fraction of sp³-hybridized carbons (Fsp3) is 0.269. The number of benzene rings is 2. The Bertz CT molecular complexity index is 1210. The number of aliphatic imine (C=N–C) groups is 1. The highest BCUT2D eigenvalue weighted by molar-refractivity contribution is 8.13. The number of nitrogens with zero attached hydrogens (tertiary/aromatic N) is 3. The number of rotatable bonds is 6. The van der Waals surface area contributed by atoms with Gasteiger partial charge in [-0.2, -0.15) is 0 Å². The van der Waals surface area contributed by atoms with Crippen molar-refractivity contribution in [3.8, 4) is 5.75 Å². The molecular formula is C26H27N3O3S. The smallest absolute Gasteiger partial charge is 0.283 e. The minimum absolute atomic E-state index is 0.169. The summed E-state index contributed by atoms with van der Waals surface area (Å²) in [6, 6.07) is 15.7. The Hall–Kier alpha value is -3.32. The molecule has 0 aliphatic carbocycles. The fourth-order valence-corrected chi connectivity index (χ4v) is 4.72. The van der Waals surface area contributed by atoms with Gasteiger partial charge in [-0.1, -0.05) is 61.1 Å². The lowest BCUT2D eigenvalue weighted by Crippen LogP contribution is -2.30. The first-order valence-corrected chi connectivity index (χ1v) is 11.8. The zero-order chi connectivity index (χ0) is 23.5. The van der Waals surface area contributed by atoms with Crippen LogP contribution in [0.2, 0.25) is 0 Å². The van der Waals surface area contributed by atoms with E-state index in [-0.39, 0.29) is 5.91 Å². The van der Waals surface area contributed by atoms with Gasteiger partial charge in [-0.05, 0) is 49.1 Å². The Morgan fingerprint density at radius 2 is 1.91 bits per heavy atom. The molecule has 0 radical (unpaired) electrons. The Kier molecular flexibility index (Phi) is 6.70. The first kappa shape index (κ1) is 22.9. The molecule has 1 aromatic heterocycles. The van der Waals surface area contributed by atoms with Crippen molar-refractivity contribution >= 4 is 34.6 Å². The topological polar surface area (TPSA) is 67.9 Å². The molecule has 0 bridgehead atoms. The number of aromatic nitrogens is 1. The Labute approximate surface area is 198 Å². The number of ether oxygens (including phenoxy) is 1. The zero-order valence-corrected chi connectivity index (χ0v) is 20.3. The second-order valence-electron chi connectivity index (χ2n) is 8.18. The van der Waals surface area contributed by atoms with Crippen molar-refractivity contribution < 1.29 is 14.1 Å². The number of hydrogen-bond donors (Lipinski definition) is 0. The predicted molar refractivity (Wildman–Crippen MR) is 134 cm³/mol. The fourth-order valence-electron chi connectivity index (χ4n) is 3.55. The number of aryl methyl sites for hydroxylation is 2. The molecule has 0 atom stereocenters. The van der Waals surface area contributed by atoms with Gasteiger partial charge in [0.2, 0.25) is 0 Å². The van der Waals surface area contributed by atoms with Crippen molar-refractivity contribution in [2.24, 2.45) is 4.99 Å². The molecule has 0 fully saturated rings. The van der Waals surface area contributed by atoms with Crippen LogP contribution in [-0.2, 0) is 10.5 Å². The van der Waals surface area contributed by atoms with E-state index >= 15 is 0 Å². The molecule has 2 aromatic carbocycles. The summed E-state index contributed by atoms with van der Waals surface area (Å²) in [6.45, 7) is 8.13. The number of methoxy groups -OCH3 is 1. The van der Waals surface area contributed by atoms with Crippen LogP contribution in [0.5, 0.6) is 5.75 Å². The third-order valence-electron chi connectivity index (χ3n) is 5.57. The van der Waals surface area contributed by atoms with E-state index in [1.54, 1.807) is 12.0 Å². The van der Waals surface area contributed by atoms with E-state index < -0.39 is 0 Å². The summed E-state index contributed by atoms with van der Waals surface area (Å²) >= 11 is 1.48. The average Bonchev–Trinajstić information content (AvgIpc) is 3.30. The van der Waals surface area contributed by atoms with Crippen molar-refractivity contribution in [3.63, 3.8) is 0 Å². The van der Waals surface area contributed by atoms with Gasteiger partial charge in [0.25, 0.3) is 5.91 Å². The maximum atomic E-state index is 13.4. The van der Waals surface area contributed by atoms with Gasteiger partial charge in [0.1, 0.15) is 17.2 Å². The van der Waals surface area contributed by atoms with Gasteiger partial charge in [0.15, 0.2) is 5.17 Å². The molecule has 0 unspecified atom stereocenters. The summed E-state index contributed by atoms with van der Waals surface area (Å²) in [5, 5.41) is 4.64. The van der Waals surface area contributed by atoms with Crippen LogP contribution in [-0.4, -0.2) is 23.3 Å². The van der Waals surface area contributed by atoms with Crippen LogP contribution in [0.4, 0.5) is 5.69 Å². The lowest BCUT2D eigenvalue weighted by atomic mass is 10.0. The van der Waals surface area contributed by atoms with Crippen molar-refractivity contribution in [3.05, 3.63) is 82.4 Å². The van der Waals surface area contributed by atoms with E-state index in [0.717, 1.165) is 22.6 Å². The molecule has 0 N–H and O–H groups in total. The first-order chi connectivity index (χ1) is 15.9. The number of carbonyl (C=O) groups is 1. The highest BCUT2D eigenvalue weighted by Gasteiger charge is 2.32. The number of amides is 1. The molecule has 2 heterocycles. The van der Waals surface area contributed by atoms with E-state index in [2.05, 4.69) is 31.1 Å².